The second-order valence-electron chi connectivity index (χ2n) is 6.43. The van der Waals surface area contributed by atoms with Crippen molar-refractivity contribution in [3.63, 3.8) is 0 Å². The van der Waals surface area contributed by atoms with Crippen LogP contribution in [0.25, 0.3) is 0 Å². The Morgan fingerprint density at radius 1 is 1.26 bits per heavy atom. The maximum absolute atomic E-state index is 6.15. The molecule has 0 saturated carbocycles. The first-order chi connectivity index (χ1) is 11.0. The lowest BCUT2D eigenvalue weighted by molar-refractivity contribution is -0.00961. The number of benzene rings is 1. The standard InChI is InChI=1S/C21H27BrO/c1-15(12-13-16(2)22)17(3)21-20(11-8-14-23-21)18(4)19-9-6-5-7-10-19/h5-7,9-10,12-13,18,20-21H,3,8,11,14H2,1-2,4H3/b15-12-,16-13+/t18-,20?,21?/m0/s1. The van der Waals surface area contributed by atoms with Crippen molar-refractivity contribution in [1.29, 1.82) is 0 Å². The number of hydrogen-bond donors (Lipinski definition) is 0. The zero-order valence-electron chi connectivity index (χ0n) is 14.4. The van der Waals surface area contributed by atoms with Crippen molar-refractivity contribution >= 4 is 15.9 Å². The Morgan fingerprint density at radius 3 is 2.61 bits per heavy atom. The number of hydrogen-bond acceptors (Lipinski definition) is 1. The molecule has 1 aliphatic rings. The molecule has 0 N–H and O–H groups in total. The highest BCUT2D eigenvalue weighted by molar-refractivity contribution is 9.11. The van der Waals surface area contributed by atoms with Crippen molar-refractivity contribution in [2.45, 2.75) is 45.6 Å². The van der Waals surface area contributed by atoms with Gasteiger partial charge < -0.3 is 4.74 Å². The maximum atomic E-state index is 6.15. The van der Waals surface area contributed by atoms with Crippen LogP contribution in [0.5, 0.6) is 0 Å². The summed E-state index contributed by atoms with van der Waals surface area (Å²) in [6.07, 6.45) is 6.63. The lowest BCUT2D eigenvalue weighted by atomic mass is 9.76. The molecule has 0 radical (unpaired) electrons. The Kier molecular flexibility index (Phi) is 6.86. The molecule has 2 rings (SSSR count). The zero-order chi connectivity index (χ0) is 16.8. The second kappa shape index (κ2) is 8.65. The number of halogens is 1. The van der Waals surface area contributed by atoms with Gasteiger partial charge in [0.05, 0.1) is 6.10 Å². The molecule has 1 aromatic rings. The first-order valence-electron chi connectivity index (χ1n) is 8.37. The van der Waals surface area contributed by atoms with Gasteiger partial charge in [-0.25, -0.2) is 0 Å². The minimum Gasteiger partial charge on any atom is -0.373 e. The Hall–Kier alpha value is -1.12. The number of allylic oxidation sites excluding steroid dienone is 3. The summed E-state index contributed by atoms with van der Waals surface area (Å²) in [5, 5.41) is 0. The second-order valence-corrected chi connectivity index (χ2v) is 7.68. The predicted molar refractivity (Wildman–Crippen MR) is 103 cm³/mol. The fourth-order valence-electron chi connectivity index (χ4n) is 3.25. The van der Waals surface area contributed by atoms with E-state index >= 15 is 0 Å². The first-order valence-corrected chi connectivity index (χ1v) is 9.16. The first kappa shape index (κ1) is 18.2. The lowest BCUT2D eigenvalue weighted by Crippen LogP contribution is -2.34. The molecule has 1 saturated heterocycles. The molecular weight excluding hydrogens is 348 g/mol. The van der Waals surface area contributed by atoms with Crippen molar-refractivity contribution in [2.24, 2.45) is 5.92 Å². The Morgan fingerprint density at radius 2 is 1.96 bits per heavy atom. The molecule has 1 aromatic carbocycles. The third-order valence-corrected chi connectivity index (χ3v) is 5.01. The molecule has 1 heterocycles. The number of rotatable bonds is 5. The van der Waals surface area contributed by atoms with Crippen molar-refractivity contribution in [1.82, 2.24) is 0 Å². The van der Waals surface area contributed by atoms with Gasteiger partial charge in [0.1, 0.15) is 0 Å². The van der Waals surface area contributed by atoms with Gasteiger partial charge in [-0.3, -0.25) is 0 Å². The van der Waals surface area contributed by atoms with Crippen LogP contribution >= 0.6 is 15.9 Å². The molecule has 0 amide bonds. The third-order valence-electron chi connectivity index (χ3n) is 4.75. The summed E-state index contributed by atoms with van der Waals surface area (Å²) >= 11 is 3.47. The van der Waals surface area contributed by atoms with E-state index in [1.54, 1.807) is 0 Å². The average Bonchev–Trinajstić information content (AvgIpc) is 2.59. The molecule has 0 aliphatic carbocycles. The molecule has 0 spiro atoms. The van der Waals surface area contributed by atoms with Gasteiger partial charge in [-0.2, -0.15) is 0 Å². The summed E-state index contributed by atoms with van der Waals surface area (Å²) in [6.45, 7) is 11.6. The quantitative estimate of drug-likeness (QED) is 0.542. The van der Waals surface area contributed by atoms with Crippen LogP contribution in [0.1, 0.15) is 45.1 Å². The SMILES string of the molecule is C=C(/C(C)=C\C=C(/C)Br)C1OCCCC1[C@@H](C)c1ccccc1. The summed E-state index contributed by atoms with van der Waals surface area (Å²) in [5.41, 5.74) is 3.70. The molecule has 1 aliphatic heterocycles. The monoisotopic (exact) mass is 374 g/mol. The molecule has 0 bridgehead atoms. The van der Waals surface area contributed by atoms with Gasteiger partial charge in [0, 0.05) is 6.61 Å². The third kappa shape index (κ3) is 4.92. The highest BCUT2D eigenvalue weighted by Crippen LogP contribution is 2.38. The average molecular weight is 375 g/mol. The van der Waals surface area contributed by atoms with Crippen molar-refractivity contribution in [3.8, 4) is 0 Å². The van der Waals surface area contributed by atoms with Crippen LogP contribution in [0.15, 0.2) is 64.7 Å². The van der Waals surface area contributed by atoms with E-state index in [1.807, 2.05) is 6.92 Å². The molecule has 1 nitrogen and oxygen atoms in total. The van der Waals surface area contributed by atoms with Crippen LogP contribution in [0, 0.1) is 5.92 Å². The summed E-state index contributed by atoms with van der Waals surface area (Å²) in [5.74, 6) is 0.954. The zero-order valence-corrected chi connectivity index (χ0v) is 16.0. The fourth-order valence-corrected chi connectivity index (χ4v) is 3.38. The van der Waals surface area contributed by atoms with Gasteiger partial charge in [0.2, 0.25) is 0 Å². The van der Waals surface area contributed by atoms with Gasteiger partial charge in [0.15, 0.2) is 0 Å². The Balaban J connectivity index is 2.20. The van der Waals surface area contributed by atoms with Crippen LogP contribution in [0.4, 0.5) is 0 Å². The van der Waals surface area contributed by atoms with Gasteiger partial charge in [-0.15, -0.1) is 0 Å². The molecule has 2 unspecified atom stereocenters. The van der Waals surface area contributed by atoms with Crippen LogP contribution in [0.3, 0.4) is 0 Å². The van der Waals surface area contributed by atoms with E-state index in [2.05, 4.69) is 78.8 Å². The van der Waals surface area contributed by atoms with E-state index in [9.17, 15) is 0 Å². The highest BCUT2D eigenvalue weighted by atomic mass is 79.9. The molecule has 23 heavy (non-hydrogen) atoms. The van der Waals surface area contributed by atoms with Crippen LogP contribution in [0.2, 0.25) is 0 Å². The molecular formula is C21H27BrO. The highest BCUT2D eigenvalue weighted by Gasteiger charge is 2.33. The van der Waals surface area contributed by atoms with E-state index in [-0.39, 0.29) is 6.10 Å². The molecule has 1 fully saturated rings. The van der Waals surface area contributed by atoms with Crippen molar-refractivity contribution in [3.05, 3.63) is 70.3 Å². The van der Waals surface area contributed by atoms with Gasteiger partial charge >= 0.3 is 0 Å². The van der Waals surface area contributed by atoms with E-state index in [0.29, 0.717) is 11.8 Å². The lowest BCUT2D eigenvalue weighted by Gasteiger charge is -2.37. The largest absolute Gasteiger partial charge is 0.373 e. The minimum atomic E-state index is 0.110. The topological polar surface area (TPSA) is 9.23 Å². The predicted octanol–water partition coefficient (Wildman–Crippen LogP) is 6.39. The Labute approximate surface area is 149 Å². The summed E-state index contributed by atoms with van der Waals surface area (Å²) in [7, 11) is 0. The van der Waals surface area contributed by atoms with Gasteiger partial charge in [-0.1, -0.05) is 71.9 Å². The van der Waals surface area contributed by atoms with Gasteiger partial charge in [-0.05, 0) is 59.7 Å². The molecule has 2 heteroatoms. The van der Waals surface area contributed by atoms with Crippen LogP contribution in [-0.4, -0.2) is 12.7 Å². The van der Waals surface area contributed by atoms with E-state index in [4.69, 9.17) is 4.74 Å². The number of ether oxygens (including phenoxy) is 1. The molecule has 3 atom stereocenters. The van der Waals surface area contributed by atoms with Crippen molar-refractivity contribution in [2.75, 3.05) is 6.61 Å². The van der Waals surface area contributed by atoms with E-state index in [1.165, 1.54) is 17.6 Å². The smallest absolute Gasteiger partial charge is 0.0855 e. The normalized spacial score (nSPS) is 24.3. The summed E-state index contributed by atoms with van der Waals surface area (Å²) in [4.78, 5) is 0. The molecule has 0 aromatic heterocycles. The summed E-state index contributed by atoms with van der Waals surface area (Å²) in [6, 6.07) is 10.8. The van der Waals surface area contributed by atoms with Crippen LogP contribution < -0.4 is 0 Å². The maximum Gasteiger partial charge on any atom is 0.0855 e. The summed E-state index contributed by atoms with van der Waals surface area (Å²) < 4.78 is 7.26. The van der Waals surface area contributed by atoms with E-state index in [0.717, 1.165) is 23.1 Å². The van der Waals surface area contributed by atoms with Crippen molar-refractivity contribution < 1.29 is 4.74 Å². The molecule has 124 valence electrons. The Bertz CT molecular complexity index is 581. The van der Waals surface area contributed by atoms with Gasteiger partial charge in [0.25, 0.3) is 0 Å². The fraction of sp³-hybridized carbons (Fsp3) is 0.429. The van der Waals surface area contributed by atoms with Crippen LogP contribution in [-0.2, 0) is 4.74 Å². The minimum absolute atomic E-state index is 0.110. The van der Waals surface area contributed by atoms with E-state index < -0.39 is 0 Å².